The standard InChI is InChI=1S/C9H17NO2/c1-8(2,3)7(11)9(4-10)5-12-6-9/h4-6,10H2,1-3H3. The Hall–Kier alpha value is -0.410. The molecule has 70 valence electrons. The summed E-state index contributed by atoms with van der Waals surface area (Å²) in [6, 6.07) is 0. The average Bonchev–Trinajstić information content (AvgIpc) is 1.84. The fraction of sp³-hybridized carbons (Fsp3) is 0.889. The average molecular weight is 171 g/mol. The molecule has 0 aromatic rings. The molecule has 0 bridgehead atoms. The molecule has 0 spiro atoms. The highest BCUT2D eigenvalue weighted by Crippen LogP contribution is 2.34. The Kier molecular flexibility index (Phi) is 2.27. The molecule has 1 fully saturated rings. The van der Waals surface area contributed by atoms with E-state index in [1.54, 1.807) is 0 Å². The predicted octanol–water partition coefficient (Wildman–Crippen LogP) is 0.577. The van der Waals surface area contributed by atoms with E-state index in [1.807, 2.05) is 20.8 Å². The number of carbonyl (C=O) groups is 1. The quantitative estimate of drug-likeness (QED) is 0.661. The number of hydrogen-bond acceptors (Lipinski definition) is 3. The Morgan fingerprint density at radius 1 is 1.50 bits per heavy atom. The molecule has 0 aliphatic carbocycles. The Bertz CT molecular complexity index is 184. The summed E-state index contributed by atoms with van der Waals surface area (Å²) in [5.74, 6) is 0.226. The second kappa shape index (κ2) is 2.82. The van der Waals surface area contributed by atoms with Gasteiger partial charge in [-0.15, -0.1) is 0 Å². The molecule has 0 radical (unpaired) electrons. The zero-order chi connectivity index (χ0) is 9.41. The maximum absolute atomic E-state index is 11.8. The fourth-order valence-corrected chi connectivity index (χ4v) is 1.49. The summed E-state index contributed by atoms with van der Waals surface area (Å²) in [4.78, 5) is 11.8. The Morgan fingerprint density at radius 2 is 2.00 bits per heavy atom. The van der Waals surface area contributed by atoms with Crippen molar-refractivity contribution in [2.75, 3.05) is 19.8 Å². The fourth-order valence-electron chi connectivity index (χ4n) is 1.49. The van der Waals surface area contributed by atoms with Gasteiger partial charge in [-0.25, -0.2) is 0 Å². The summed E-state index contributed by atoms with van der Waals surface area (Å²) < 4.78 is 5.04. The van der Waals surface area contributed by atoms with Gasteiger partial charge in [-0.3, -0.25) is 4.79 Å². The Balaban J connectivity index is 2.74. The van der Waals surface area contributed by atoms with Gasteiger partial charge in [0.2, 0.25) is 0 Å². The van der Waals surface area contributed by atoms with E-state index in [0.717, 1.165) is 0 Å². The number of Topliss-reactive ketones (excluding diaryl/α,β-unsaturated/α-hetero) is 1. The molecule has 0 amide bonds. The van der Waals surface area contributed by atoms with Gasteiger partial charge in [-0.05, 0) is 0 Å². The van der Waals surface area contributed by atoms with Crippen molar-refractivity contribution in [1.29, 1.82) is 0 Å². The van der Waals surface area contributed by atoms with Gasteiger partial charge in [0.25, 0.3) is 0 Å². The van der Waals surface area contributed by atoms with Crippen LogP contribution in [-0.4, -0.2) is 25.5 Å². The molecule has 0 unspecified atom stereocenters. The zero-order valence-corrected chi connectivity index (χ0v) is 8.02. The normalized spacial score (nSPS) is 21.7. The minimum atomic E-state index is -0.377. The smallest absolute Gasteiger partial charge is 0.150 e. The largest absolute Gasteiger partial charge is 0.379 e. The van der Waals surface area contributed by atoms with Crippen LogP contribution in [0.3, 0.4) is 0 Å². The van der Waals surface area contributed by atoms with E-state index in [0.29, 0.717) is 19.8 Å². The molecule has 1 aliphatic heterocycles. The van der Waals surface area contributed by atoms with Gasteiger partial charge in [-0.1, -0.05) is 20.8 Å². The lowest BCUT2D eigenvalue weighted by molar-refractivity contribution is -0.165. The molecule has 3 nitrogen and oxygen atoms in total. The molecular formula is C9H17NO2. The van der Waals surface area contributed by atoms with Crippen LogP contribution in [0.5, 0.6) is 0 Å². The summed E-state index contributed by atoms with van der Waals surface area (Å²) in [6.45, 7) is 7.17. The van der Waals surface area contributed by atoms with Gasteiger partial charge < -0.3 is 10.5 Å². The molecule has 1 aliphatic rings. The van der Waals surface area contributed by atoms with Crippen molar-refractivity contribution in [1.82, 2.24) is 0 Å². The van der Waals surface area contributed by atoms with Gasteiger partial charge in [0.05, 0.1) is 18.6 Å². The molecule has 12 heavy (non-hydrogen) atoms. The van der Waals surface area contributed by atoms with Crippen LogP contribution in [0.15, 0.2) is 0 Å². The maximum atomic E-state index is 11.8. The van der Waals surface area contributed by atoms with Gasteiger partial charge in [-0.2, -0.15) is 0 Å². The number of carbonyl (C=O) groups excluding carboxylic acids is 1. The molecule has 1 heterocycles. The van der Waals surface area contributed by atoms with Gasteiger partial charge in [0.1, 0.15) is 5.78 Å². The highest BCUT2D eigenvalue weighted by Gasteiger charge is 2.48. The summed E-state index contributed by atoms with van der Waals surface area (Å²) in [5.41, 5.74) is 4.89. The van der Waals surface area contributed by atoms with Crippen LogP contribution in [0.2, 0.25) is 0 Å². The highest BCUT2D eigenvalue weighted by atomic mass is 16.5. The lowest BCUT2D eigenvalue weighted by Crippen LogP contribution is -2.57. The van der Waals surface area contributed by atoms with Crippen molar-refractivity contribution in [2.45, 2.75) is 20.8 Å². The van der Waals surface area contributed by atoms with Crippen molar-refractivity contribution >= 4 is 5.78 Å². The molecule has 2 N–H and O–H groups in total. The molecule has 0 aromatic heterocycles. The van der Waals surface area contributed by atoms with Crippen LogP contribution in [-0.2, 0) is 9.53 Å². The molecule has 1 rings (SSSR count). The molecule has 3 heteroatoms. The van der Waals surface area contributed by atoms with E-state index in [2.05, 4.69) is 0 Å². The second-order valence-corrected chi connectivity index (χ2v) is 4.56. The third kappa shape index (κ3) is 1.39. The first-order valence-electron chi connectivity index (χ1n) is 4.25. The lowest BCUT2D eigenvalue weighted by atomic mass is 9.71. The Morgan fingerprint density at radius 3 is 2.08 bits per heavy atom. The van der Waals surface area contributed by atoms with Crippen LogP contribution >= 0.6 is 0 Å². The van der Waals surface area contributed by atoms with Crippen molar-refractivity contribution < 1.29 is 9.53 Å². The highest BCUT2D eigenvalue weighted by molar-refractivity contribution is 5.90. The molecule has 0 atom stereocenters. The third-order valence-electron chi connectivity index (χ3n) is 2.31. The first-order chi connectivity index (χ1) is 5.42. The van der Waals surface area contributed by atoms with E-state index in [1.165, 1.54) is 0 Å². The Labute approximate surface area is 73.3 Å². The van der Waals surface area contributed by atoms with Crippen LogP contribution in [0.1, 0.15) is 20.8 Å². The monoisotopic (exact) mass is 171 g/mol. The van der Waals surface area contributed by atoms with E-state index in [4.69, 9.17) is 10.5 Å². The maximum Gasteiger partial charge on any atom is 0.150 e. The van der Waals surface area contributed by atoms with Gasteiger partial charge in [0, 0.05) is 12.0 Å². The van der Waals surface area contributed by atoms with Crippen LogP contribution < -0.4 is 5.73 Å². The SMILES string of the molecule is CC(C)(C)C(=O)C1(CN)COC1. The summed E-state index contributed by atoms with van der Waals surface area (Å²) >= 11 is 0. The van der Waals surface area contributed by atoms with Crippen molar-refractivity contribution in [2.24, 2.45) is 16.6 Å². The molecule has 1 saturated heterocycles. The first kappa shape index (κ1) is 9.68. The van der Waals surface area contributed by atoms with E-state index in [-0.39, 0.29) is 16.6 Å². The predicted molar refractivity (Wildman–Crippen MR) is 46.8 cm³/mol. The van der Waals surface area contributed by atoms with Crippen LogP contribution in [0, 0.1) is 10.8 Å². The lowest BCUT2D eigenvalue weighted by Gasteiger charge is -2.42. The minimum Gasteiger partial charge on any atom is -0.379 e. The van der Waals surface area contributed by atoms with Gasteiger partial charge in [0.15, 0.2) is 0 Å². The number of hydrogen-bond donors (Lipinski definition) is 1. The van der Waals surface area contributed by atoms with Crippen LogP contribution in [0.25, 0.3) is 0 Å². The number of ether oxygens (including phenoxy) is 1. The van der Waals surface area contributed by atoms with Gasteiger partial charge >= 0.3 is 0 Å². The number of nitrogens with two attached hydrogens (primary N) is 1. The van der Waals surface area contributed by atoms with Crippen molar-refractivity contribution in [3.63, 3.8) is 0 Å². The van der Waals surface area contributed by atoms with E-state index < -0.39 is 0 Å². The van der Waals surface area contributed by atoms with E-state index >= 15 is 0 Å². The molecule has 0 aromatic carbocycles. The summed E-state index contributed by atoms with van der Waals surface area (Å²) in [5, 5.41) is 0. The minimum absolute atomic E-state index is 0.226. The number of rotatable bonds is 2. The van der Waals surface area contributed by atoms with Crippen LogP contribution in [0.4, 0.5) is 0 Å². The molecular weight excluding hydrogens is 154 g/mol. The topological polar surface area (TPSA) is 52.3 Å². The third-order valence-corrected chi connectivity index (χ3v) is 2.31. The molecule has 0 saturated carbocycles. The zero-order valence-electron chi connectivity index (χ0n) is 8.02. The second-order valence-electron chi connectivity index (χ2n) is 4.56. The summed E-state index contributed by atoms with van der Waals surface area (Å²) in [6.07, 6.45) is 0. The van der Waals surface area contributed by atoms with Crippen molar-refractivity contribution in [3.05, 3.63) is 0 Å². The number of ketones is 1. The van der Waals surface area contributed by atoms with Crippen molar-refractivity contribution in [3.8, 4) is 0 Å². The summed E-state index contributed by atoms with van der Waals surface area (Å²) in [7, 11) is 0. The van der Waals surface area contributed by atoms with E-state index in [9.17, 15) is 4.79 Å². The first-order valence-corrected chi connectivity index (χ1v) is 4.25.